The number of hydrogen-bond donors (Lipinski definition) is 1. The Morgan fingerprint density at radius 1 is 1.07 bits per heavy atom. The van der Waals surface area contributed by atoms with Crippen LogP contribution in [-0.4, -0.2) is 28.0 Å². The number of nitrogens with zero attached hydrogens (tertiary/aromatic N) is 3. The van der Waals surface area contributed by atoms with Crippen molar-refractivity contribution in [2.24, 2.45) is 0 Å². The number of benzene rings is 1. The maximum absolute atomic E-state index is 5.99. The summed E-state index contributed by atoms with van der Waals surface area (Å²) >= 11 is 0. The maximum atomic E-state index is 5.99. The van der Waals surface area contributed by atoms with E-state index in [0.29, 0.717) is 6.61 Å². The highest BCUT2D eigenvalue weighted by Gasteiger charge is 2.21. The highest BCUT2D eigenvalue weighted by molar-refractivity contribution is 5.43. The van der Waals surface area contributed by atoms with Crippen LogP contribution in [0.4, 0.5) is 0 Å². The van der Waals surface area contributed by atoms with Gasteiger partial charge >= 0.3 is 0 Å². The first-order valence-electron chi connectivity index (χ1n) is 11.3. The summed E-state index contributed by atoms with van der Waals surface area (Å²) in [7, 11) is 0. The molecule has 0 aliphatic carbocycles. The highest BCUT2D eigenvalue weighted by Crippen LogP contribution is 2.29. The third-order valence-electron chi connectivity index (χ3n) is 5.45. The lowest BCUT2D eigenvalue weighted by Gasteiger charge is -2.16. The largest absolute Gasteiger partial charge is 0.490 e. The number of fused-ring (bicyclic) bond motifs is 1. The first kappa shape index (κ1) is 21.6. The molecule has 0 spiro atoms. The average Bonchev–Trinajstić information content (AvgIpc) is 3.34. The zero-order valence-electron chi connectivity index (χ0n) is 18.2. The molecule has 1 aromatic carbocycles. The van der Waals surface area contributed by atoms with Crippen LogP contribution in [0.15, 0.2) is 18.2 Å². The average molecular weight is 401 g/mol. The molecular weight excluding hydrogens is 364 g/mol. The van der Waals surface area contributed by atoms with Crippen molar-refractivity contribution in [1.82, 2.24) is 20.1 Å². The number of rotatable bonds is 13. The fourth-order valence-electron chi connectivity index (χ4n) is 3.79. The molecule has 6 nitrogen and oxygen atoms in total. The van der Waals surface area contributed by atoms with Crippen LogP contribution >= 0.6 is 0 Å². The summed E-state index contributed by atoms with van der Waals surface area (Å²) in [6, 6.07) is 6.39. The zero-order chi connectivity index (χ0) is 20.5. The van der Waals surface area contributed by atoms with Crippen LogP contribution in [0.3, 0.4) is 0 Å². The summed E-state index contributed by atoms with van der Waals surface area (Å²) in [6.45, 7) is 9.55. The molecule has 2 heterocycles. The van der Waals surface area contributed by atoms with Crippen molar-refractivity contribution in [2.75, 3.05) is 13.2 Å². The van der Waals surface area contributed by atoms with Gasteiger partial charge in [0.15, 0.2) is 11.5 Å². The summed E-state index contributed by atoms with van der Waals surface area (Å²) in [5.74, 6) is 3.82. The monoisotopic (exact) mass is 400 g/mol. The molecule has 1 atom stereocenters. The van der Waals surface area contributed by atoms with Crippen molar-refractivity contribution >= 4 is 0 Å². The van der Waals surface area contributed by atoms with Crippen LogP contribution in [0.1, 0.15) is 82.6 Å². The van der Waals surface area contributed by atoms with Crippen molar-refractivity contribution in [3.8, 4) is 11.5 Å². The van der Waals surface area contributed by atoms with E-state index in [0.717, 1.165) is 55.7 Å². The molecule has 1 aliphatic rings. The Morgan fingerprint density at radius 3 is 2.76 bits per heavy atom. The third kappa shape index (κ3) is 5.95. The maximum Gasteiger partial charge on any atom is 0.161 e. The second-order valence-corrected chi connectivity index (χ2v) is 7.81. The van der Waals surface area contributed by atoms with Crippen LogP contribution < -0.4 is 14.8 Å². The first-order valence-corrected chi connectivity index (χ1v) is 11.3. The molecule has 3 rings (SSSR count). The molecule has 1 N–H and O–H groups in total. The summed E-state index contributed by atoms with van der Waals surface area (Å²) in [5, 5.41) is 12.3. The number of unbranched alkanes of at least 4 members (excludes halogenated alkanes) is 4. The van der Waals surface area contributed by atoms with E-state index in [1.165, 1.54) is 37.7 Å². The van der Waals surface area contributed by atoms with E-state index in [-0.39, 0.29) is 6.04 Å². The number of nitrogens with one attached hydrogen (secondary N) is 1. The van der Waals surface area contributed by atoms with E-state index < -0.39 is 0 Å². The number of hydrogen-bond acceptors (Lipinski definition) is 5. The fourth-order valence-corrected chi connectivity index (χ4v) is 3.79. The van der Waals surface area contributed by atoms with Crippen LogP contribution in [-0.2, 0) is 19.5 Å². The van der Waals surface area contributed by atoms with Crippen molar-refractivity contribution in [3.05, 3.63) is 35.4 Å². The van der Waals surface area contributed by atoms with Gasteiger partial charge in [-0.1, -0.05) is 38.7 Å². The van der Waals surface area contributed by atoms with E-state index in [1.807, 2.05) is 13.0 Å². The van der Waals surface area contributed by atoms with E-state index >= 15 is 0 Å². The van der Waals surface area contributed by atoms with Gasteiger partial charge in [-0.25, -0.2) is 0 Å². The Hall–Kier alpha value is -2.08. The smallest absolute Gasteiger partial charge is 0.161 e. The lowest BCUT2D eigenvalue weighted by molar-refractivity contribution is 0.270. The van der Waals surface area contributed by atoms with Gasteiger partial charge in [-0.05, 0) is 44.4 Å². The minimum atomic E-state index is 0.156. The van der Waals surface area contributed by atoms with Crippen LogP contribution in [0.2, 0.25) is 0 Å². The van der Waals surface area contributed by atoms with Gasteiger partial charge in [-0.3, -0.25) is 0 Å². The van der Waals surface area contributed by atoms with Gasteiger partial charge in [-0.15, -0.1) is 10.2 Å². The predicted octanol–water partition coefficient (Wildman–Crippen LogP) is 4.82. The van der Waals surface area contributed by atoms with Gasteiger partial charge in [0.25, 0.3) is 0 Å². The summed E-state index contributed by atoms with van der Waals surface area (Å²) in [6.07, 6.45) is 8.39. The number of ether oxygens (including phenoxy) is 2. The lowest BCUT2D eigenvalue weighted by Crippen LogP contribution is -2.21. The Morgan fingerprint density at radius 2 is 1.93 bits per heavy atom. The van der Waals surface area contributed by atoms with Gasteiger partial charge in [-0.2, -0.15) is 0 Å². The van der Waals surface area contributed by atoms with Crippen LogP contribution in [0.5, 0.6) is 11.5 Å². The van der Waals surface area contributed by atoms with Crippen molar-refractivity contribution in [3.63, 3.8) is 0 Å². The molecule has 0 saturated heterocycles. The number of aryl methyl sites for hydroxylation is 1. The molecule has 29 heavy (non-hydrogen) atoms. The van der Waals surface area contributed by atoms with Crippen LogP contribution in [0.25, 0.3) is 0 Å². The Balaban J connectivity index is 1.53. The standard InChI is InChI=1S/C23H36N4O2/c1-4-6-7-8-9-15-29-20-13-12-19(16-21(20)28-5-2)17-24-18(3)23-26-25-22-11-10-14-27(22)23/h12-13,16,18,24H,4-11,14-15,17H2,1-3H3/t18-/m1/s1. The van der Waals surface area contributed by atoms with E-state index in [2.05, 4.69) is 46.1 Å². The molecule has 160 valence electrons. The molecule has 0 saturated carbocycles. The topological polar surface area (TPSA) is 61.2 Å². The molecular formula is C23H36N4O2. The third-order valence-corrected chi connectivity index (χ3v) is 5.45. The minimum Gasteiger partial charge on any atom is -0.490 e. The fraction of sp³-hybridized carbons (Fsp3) is 0.652. The molecule has 0 radical (unpaired) electrons. The molecule has 0 unspecified atom stereocenters. The van der Waals surface area contributed by atoms with Crippen LogP contribution in [0, 0.1) is 0 Å². The second kappa shape index (κ2) is 11.2. The lowest BCUT2D eigenvalue weighted by atomic mass is 10.1. The molecule has 2 aromatic rings. The van der Waals surface area contributed by atoms with E-state index in [9.17, 15) is 0 Å². The molecule has 1 aromatic heterocycles. The summed E-state index contributed by atoms with van der Waals surface area (Å²) in [5.41, 5.74) is 1.18. The first-order chi connectivity index (χ1) is 14.2. The zero-order valence-corrected chi connectivity index (χ0v) is 18.2. The van der Waals surface area contributed by atoms with Gasteiger partial charge in [0.05, 0.1) is 19.3 Å². The Labute approximate surface area is 175 Å². The molecule has 6 heteroatoms. The normalized spacial score (nSPS) is 14.0. The van der Waals surface area contributed by atoms with Gasteiger partial charge in [0.2, 0.25) is 0 Å². The minimum absolute atomic E-state index is 0.156. The predicted molar refractivity (Wildman–Crippen MR) is 115 cm³/mol. The molecule has 0 bridgehead atoms. The molecule has 0 amide bonds. The van der Waals surface area contributed by atoms with Gasteiger partial charge in [0, 0.05) is 19.5 Å². The van der Waals surface area contributed by atoms with E-state index in [1.54, 1.807) is 0 Å². The Kier molecular flexibility index (Phi) is 8.35. The SMILES string of the molecule is CCCCCCCOc1ccc(CN[C@H](C)c2nnc3n2CCC3)cc1OCC. The summed E-state index contributed by atoms with van der Waals surface area (Å²) in [4.78, 5) is 0. The molecule has 1 aliphatic heterocycles. The van der Waals surface area contributed by atoms with Gasteiger partial charge in [0.1, 0.15) is 11.6 Å². The van der Waals surface area contributed by atoms with E-state index in [4.69, 9.17) is 9.47 Å². The highest BCUT2D eigenvalue weighted by atomic mass is 16.5. The quantitative estimate of drug-likeness (QED) is 0.488. The molecule has 0 fully saturated rings. The Bertz CT molecular complexity index is 759. The number of aromatic nitrogens is 3. The van der Waals surface area contributed by atoms with Crippen molar-refractivity contribution in [2.45, 2.75) is 84.8 Å². The van der Waals surface area contributed by atoms with Crippen molar-refractivity contribution < 1.29 is 9.47 Å². The summed E-state index contributed by atoms with van der Waals surface area (Å²) < 4.78 is 14.1. The second-order valence-electron chi connectivity index (χ2n) is 7.81. The van der Waals surface area contributed by atoms with Crippen molar-refractivity contribution in [1.29, 1.82) is 0 Å². The van der Waals surface area contributed by atoms with Gasteiger partial charge < -0.3 is 19.4 Å².